The van der Waals surface area contributed by atoms with Crippen LogP contribution in [0.2, 0.25) is 0 Å². The summed E-state index contributed by atoms with van der Waals surface area (Å²) in [5, 5.41) is 26.6. The summed E-state index contributed by atoms with van der Waals surface area (Å²) in [5.41, 5.74) is -6.71. The fourth-order valence-electron chi connectivity index (χ4n) is 8.95. The third-order valence-electron chi connectivity index (χ3n) is 11.3. The SMILES string of the molecule is C[C@@H]1C[C@H]2[C@@H]3CCC4=CC(=O)C=C[C@]4(C)[C@@]3(F)[C@@H](O)C[C@]2(C)[C@@]1(O)C(=O)CSCC(NC(=O)OC(C)(C)C)C(=O)ON1C(=O)CCC1=O. The third kappa shape index (κ3) is 5.70. The molecule has 1 heterocycles. The number of carbonyl (C=O) groups excluding carboxylic acids is 6. The van der Waals surface area contributed by atoms with E-state index in [1.807, 2.05) is 0 Å². The van der Waals surface area contributed by atoms with Crippen molar-refractivity contribution >= 4 is 47.2 Å². The van der Waals surface area contributed by atoms with Crippen LogP contribution in [-0.4, -0.2) is 91.2 Å². The van der Waals surface area contributed by atoms with Gasteiger partial charge in [0.25, 0.3) is 11.8 Å². The van der Waals surface area contributed by atoms with Gasteiger partial charge in [-0.25, -0.2) is 14.0 Å². The fourth-order valence-corrected chi connectivity index (χ4v) is 9.93. The van der Waals surface area contributed by atoms with E-state index in [1.54, 1.807) is 47.6 Å². The zero-order chi connectivity index (χ0) is 35.6. The van der Waals surface area contributed by atoms with E-state index in [4.69, 9.17) is 9.57 Å². The number of rotatable bonds is 8. The molecule has 9 atom stereocenters. The minimum Gasteiger partial charge on any atom is -0.444 e. The number of allylic oxidation sites excluding steroid dienone is 4. The number of hydroxylamine groups is 2. The van der Waals surface area contributed by atoms with E-state index in [2.05, 4.69) is 5.32 Å². The molecule has 3 saturated carbocycles. The highest BCUT2D eigenvalue weighted by atomic mass is 32.2. The third-order valence-corrected chi connectivity index (χ3v) is 12.4. The maximum atomic E-state index is 17.5. The Morgan fingerprint density at radius 3 is 2.40 bits per heavy atom. The van der Waals surface area contributed by atoms with Crippen LogP contribution in [0.15, 0.2) is 23.8 Å². The van der Waals surface area contributed by atoms with E-state index >= 15 is 4.39 Å². The molecule has 0 spiro atoms. The number of carbonyl (C=O) groups is 6. The molecule has 0 aromatic rings. The molecule has 5 aliphatic rings. The number of aliphatic hydroxyl groups excluding tert-OH is 1. The van der Waals surface area contributed by atoms with Gasteiger partial charge in [-0.05, 0) is 77.4 Å². The molecule has 1 aliphatic heterocycles. The number of alkyl carbamates (subject to hydrolysis) is 1. The van der Waals surface area contributed by atoms with E-state index in [9.17, 15) is 39.0 Å². The Morgan fingerprint density at radius 2 is 1.77 bits per heavy atom. The second-order valence-corrected chi connectivity index (χ2v) is 16.3. The van der Waals surface area contributed by atoms with Gasteiger partial charge in [-0.2, -0.15) is 11.8 Å². The molecule has 3 N–H and O–H groups in total. The number of nitrogens with one attached hydrogen (secondary N) is 1. The van der Waals surface area contributed by atoms with Crippen molar-refractivity contribution in [2.75, 3.05) is 11.5 Å². The molecular weight excluding hydrogens is 647 g/mol. The van der Waals surface area contributed by atoms with Crippen molar-refractivity contribution in [3.05, 3.63) is 23.8 Å². The number of nitrogens with zero attached hydrogens (tertiary/aromatic N) is 1. The predicted molar refractivity (Wildman–Crippen MR) is 171 cm³/mol. The summed E-state index contributed by atoms with van der Waals surface area (Å²) >= 11 is 0.926. The molecule has 1 unspecified atom stereocenters. The van der Waals surface area contributed by atoms with Gasteiger partial charge in [0.15, 0.2) is 17.2 Å². The number of fused-ring (bicyclic) bond motifs is 5. The van der Waals surface area contributed by atoms with Crippen LogP contribution in [0.3, 0.4) is 0 Å². The first-order valence-electron chi connectivity index (χ1n) is 16.4. The van der Waals surface area contributed by atoms with E-state index in [0.29, 0.717) is 29.9 Å². The summed E-state index contributed by atoms with van der Waals surface area (Å²) in [4.78, 5) is 80.8. The number of halogens is 1. The van der Waals surface area contributed by atoms with Crippen molar-refractivity contribution < 1.29 is 52.9 Å². The molecule has 4 fully saturated rings. The lowest BCUT2D eigenvalue weighted by Gasteiger charge is -2.62. The van der Waals surface area contributed by atoms with E-state index in [0.717, 1.165) is 11.8 Å². The molecule has 48 heavy (non-hydrogen) atoms. The van der Waals surface area contributed by atoms with Crippen LogP contribution in [0.4, 0.5) is 9.18 Å². The number of amides is 3. The summed E-state index contributed by atoms with van der Waals surface area (Å²) < 4.78 is 22.7. The number of ketones is 2. The Labute approximate surface area is 283 Å². The number of ether oxygens (including phenoxy) is 1. The van der Waals surface area contributed by atoms with Crippen LogP contribution < -0.4 is 5.32 Å². The minimum atomic E-state index is -2.11. The molecule has 14 heteroatoms. The van der Waals surface area contributed by atoms with Gasteiger partial charge in [0.2, 0.25) is 0 Å². The second kappa shape index (κ2) is 12.3. The Kier molecular flexibility index (Phi) is 9.31. The monoisotopic (exact) mass is 692 g/mol. The summed E-state index contributed by atoms with van der Waals surface area (Å²) in [7, 11) is 0. The van der Waals surface area contributed by atoms with Crippen LogP contribution in [0.1, 0.15) is 80.1 Å². The van der Waals surface area contributed by atoms with Crippen LogP contribution in [-0.2, 0) is 33.5 Å². The molecule has 3 amide bonds. The van der Waals surface area contributed by atoms with Crippen LogP contribution in [0, 0.1) is 28.6 Å². The summed E-state index contributed by atoms with van der Waals surface area (Å²) in [5.74, 6) is -5.56. The minimum absolute atomic E-state index is 0.122. The first-order valence-corrected chi connectivity index (χ1v) is 17.6. The topological polar surface area (TPSA) is 177 Å². The predicted octanol–water partition coefficient (Wildman–Crippen LogP) is 3.14. The van der Waals surface area contributed by atoms with E-state index in [1.165, 1.54) is 12.2 Å². The van der Waals surface area contributed by atoms with Gasteiger partial charge < -0.3 is 25.1 Å². The molecular formula is C34H45FN2O10S. The second-order valence-electron chi connectivity index (χ2n) is 15.3. The van der Waals surface area contributed by atoms with Gasteiger partial charge in [-0.3, -0.25) is 19.2 Å². The lowest BCUT2D eigenvalue weighted by atomic mass is 9.44. The van der Waals surface area contributed by atoms with Gasteiger partial charge in [0.05, 0.1) is 11.9 Å². The fraction of sp³-hybridized carbons (Fsp3) is 0.706. The van der Waals surface area contributed by atoms with Crippen molar-refractivity contribution in [3.63, 3.8) is 0 Å². The van der Waals surface area contributed by atoms with Gasteiger partial charge in [-0.1, -0.05) is 25.5 Å². The standard InChI is InChI=1S/C34H45FN2O10S/c1-18-13-22-21-8-7-19-14-20(38)11-12-31(19,5)33(21,35)24(39)15-32(22,6)34(18,45)25(40)17-48-16-23(36-29(44)46-30(2,3)4)28(43)47-37-26(41)9-10-27(37)42/h11-12,14,18,21-24,39,45H,7-10,13,15-17H2,1-6H3,(H,36,44)/t18-,21+,22+,23?,24+,31+,32+,33+,34+/m1/s1. The Bertz CT molecular complexity index is 1480. The quantitative estimate of drug-likeness (QED) is 0.319. The molecule has 0 radical (unpaired) electrons. The summed E-state index contributed by atoms with van der Waals surface area (Å²) in [6, 6.07) is -1.43. The number of hydrogen-bond acceptors (Lipinski definition) is 11. The normalized spacial score (nSPS) is 38.1. The van der Waals surface area contributed by atoms with Crippen molar-refractivity contribution in [1.29, 1.82) is 0 Å². The Morgan fingerprint density at radius 1 is 1.12 bits per heavy atom. The lowest BCUT2D eigenvalue weighted by Crippen LogP contribution is -2.69. The van der Waals surface area contributed by atoms with Crippen molar-refractivity contribution in [1.82, 2.24) is 10.4 Å². The van der Waals surface area contributed by atoms with Crippen LogP contribution in [0.25, 0.3) is 0 Å². The van der Waals surface area contributed by atoms with Crippen molar-refractivity contribution in [3.8, 4) is 0 Å². The maximum Gasteiger partial charge on any atom is 0.408 e. The van der Waals surface area contributed by atoms with Crippen LogP contribution >= 0.6 is 11.8 Å². The van der Waals surface area contributed by atoms with Crippen molar-refractivity contribution in [2.24, 2.45) is 28.6 Å². The zero-order valence-electron chi connectivity index (χ0n) is 28.2. The number of aliphatic hydroxyl groups is 2. The maximum absolute atomic E-state index is 17.5. The highest BCUT2D eigenvalue weighted by Gasteiger charge is 2.75. The summed E-state index contributed by atoms with van der Waals surface area (Å²) in [6.07, 6.45) is 2.58. The number of Topliss-reactive ketones (excluding diaryl/α,β-unsaturated/α-hetero) is 1. The number of hydrogen-bond donors (Lipinski definition) is 3. The van der Waals surface area contributed by atoms with Gasteiger partial charge in [0, 0.05) is 35.3 Å². The molecule has 4 aliphatic carbocycles. The average Bonchev–Trinajstić information content (AvgIpc) is 3.40. The average molecular weight is 693 g/mol. The van der Waals surface area contributed by atoms with Gasteiger partial charge in [0.1, 0.15) is 17.2 Å². The van der Waals surface area contributed by atoms with E-state index < -0.39 is 87.3 Å². The molecule has 5 rings (SSSR count). The Hall–Kier alpha value is -3.10. The highest BCUT2D eigenvalue weighted by Crippen LogP contribution is 2.70. The lowest BCUT2D eigenvalue weighted by molar-refractivity contribution is -0.218. The molecule has 264 valence electrons. The van der Waals surface area contributed by atoms with Crippen molar-refractivity contribution in [2.45, 2.75) is 109 Å². The summed E-state index contributed by atoms with van der Waals surface area (Å²) in [6.45, 7) is 10.0. The zero-order valence-corrected chi connectivity index (χ0v) is 29.0. The molecule has 0 aromatic carbocycles. The van der Waals surface area contributed by atoms with E-state index in [-0.39, 0.29) is 36.6 Å². The molecule has 0 bridgehead atoms. The number of thioether (sulfide) groups is 1. The molecule has 12 nitrogen and oxygen atoms in total. The van der Waals surface area contributed by atoms with Crippen LogP contribution in [0.5, 0.6) is 0 Å². The molecule has 1 saturated heterocycles. The largest absolute Gasteiger partial charge is 0.444 e. The highest BCUT2D eigenvalue weighted by molar-refractivity contribution is 8.00. The first kappa shape index (κ1) is 36.2. The number of alkyl halides is 1. The first-order chi connectivity index (χ1) is 22.2. The smallest absolute Gasteiger partial charge is 0.408 e. The van der Waals surface area contributed by atoms with Gasteiger partial charge in [-0.15, -0.1) is 5.06 Å². The molecule has 0 aromatic heterocycles. The Balaban J connectivity index is 1.32. The van der Waals surface area contributed by atoms with Gasteiger partial charge >= 0.3 is 12.1 Å². The number of imide groups is 1.